The van der Waals surface area contributed by atoms with Gasteiger partial charge in [0.15, 0.2) is 17.3 Å². The first kappa shape index (κ1) is 26.5. The topological polar surface area (TPSA) is 104 Å². The maximum absolute atomic E-state index is 14.6. The molecule has 0 bridgehead atoms. The average Bonchev–Trinajstić information content (AvgIpc) is 3.52. The smallest absolute Gasteiger partial charge is 0.303 e. The van der Waals surface area contributed by atoms with Gasteiger partial charge in [-0.1, -0.05) is 0 Å². The van der Waals surface area contributed by atoms with Gasteiger partial charge in [0.1, 0.15) is 6.07 Å². The van der Waals surface area contributed by atoms with E-state index in [4.69, 9.17) is 9.84 Å². The Balaban J connectivity index is 1.51. The Bertz CT molecular complexity index is 1600. The summed E-state index contributed by atoms with van der Waals surface area (Å²) in [6.07, 6.45) is 7.52. The standard InChI is InChI=1S/C31H32F2N4O3/c32-24-9-8-21(14-25(24)33)37-28-16-22-26(35-36-27(22)17-34)15-23(28)30(31(37)20-10-12-40-13-11-20)19-6-4-18(5-7-19)2-1-3-29(38)39/h8-9,14-16,18-20H,1-7,10-13H2,(H,35,36)(H,38,39). The van der Waals surface area contributed by atoms with Crippen LogP contribution in [0.15, 0.2) is 30.3 Å². The second kappa shape index (κ2) is 11.0. The van der Waals surface area contributed by atoms with E-state index in [1.807, 2.05) is 6.07 Å². The molecule has 40 heavy (non-hydrogen) atoms. The molecule has 1 saturated heterocycles. The molecule has 208 valence electrons. The van der Waals surface area contributed by atoms with Crippen LogP contribution < -0.4 is 0 Å². The molecule has 0 amide bonds. The van der Waals surface area contributed by atoms with E-state index in [2.05, 4.69) is 26.9 Å². The van der Waals surface area contributed by atoms with E-state index >= 15 is 0 Å². The summed E-state index contributed by atoms with van der Waals surface area (Å²) < 4.78 is 36.4. The second-order valence-electron chi connectivity index (χ2n) is 11.2. The third kappa shape index (κ3) is 4.86. The molecule has 2 fully saturated rings. The number of hydrogen-bond donors (Lipinski definition) is 2. The number of H-pyrrole nitrogens is 1. The monoisotopic (exact) mass is 546 g/mol. The molecule has 1 aliphatic carbocycles. The van der Waals surface area contributed by atoms with Gasteiger partial charge in [-0.15, -0.1) is 0 Å². The van der Waals surface area contributed by atoms with E-state index in [0.29, 0.717) is 42.3 Å². The highest BCUT2D eigenvalue weighted by atomic mass is 19.2. The lowest BCUT2D eigenvalue weighted by Crippen LogP contribution is -2.20. The molecule has 0 unspecified atom stereocenters. The van der Waals surface area contributed by atoms with Crippen LogP contribution in [0.2, 0.25) is 0 Å². The number of nitrogens with one attached hydrogen (secondary N) is 1. The summed E-state index contributed by atoms with van der Waals surface area (Å²) in [5, 5.41) is 27.6. The Hall–Kier alpha value is -3.77. The largest absolute Gasteiger partial charge is 0.481 e. The second-order valence-corrected chi connectivity index (χ2v) is 11.2. The summed E-state index contributed by atoms with van der Waals surface area (Å²) in [6.45, 7) is 1.28. The number of carboxylic acid groups (broad SMARTS) is 1. The first-order chi connectivity index (χ1) is 19.4. The van der Waals surface area contributed by atoms with Crippen molar-refractivity contribution in [3.05, 3.63) is 58.9 Å². The van der Waals surface area contributed by atoms with Crippen molar-refractivity contribution in [1.82, 2.24) is 14.8 Å². The minimum atomic E-state index is -0.900. The molecule has 0 spiro atoms. The van der Waals surface area contributed by atoms with E-state index in [-0.39, 0.29) is 18.3 Å². The highest BCUT2D eigenvalue weighted by Crippen LogP contribution is 2.48. The van der Waals surface area contributed by atoms with Gasteiger partial charge >= 0.3 is 5.97 Å². The van der Waals surface area contributed by atoms with Crippen LogP contribution in [0, 0.1) is 28.9 Å². The number of aliphatic carboxylic acids is 1. The van der Waals surface area contributed by atoms with E-state index in [1.165, 1.54) is 17.7 Å². The molecule has 3 heterocycles. The zero-order chi connectivity index (χ0) is 27.8. The maximum atomic E-state index is 14.6. The number of ether oxygens (including phenoxy) is 1. The average molecular weight is 547 g/mol. The number of fused-ring (bicyclic) bond motifs is 2. The Morgan fingerprint density at radius 2 is 1.82 bits per heavy atom. The van der Waals surface area contributed by atoms with Gasteiger partial charge in [-0.05, 0) is 93.0 Å². The number of aromatic nitrogens is 3. The number of benzene rings is 2. The lowest BCUT2D eigenvalue weighted by molar-refractivity contribution is -0.137. The van der Waals surface area contributed by atoms with Gasteiger partial charge in [0, 0.05) is 53.8 Å². The van der Waals surface area contributed by atoms with Crippen molar-refractivity contribution >= 4 is 27.8 Å². The molecule has 4 aromatic rings. The van der Waals surface area contributed by atoms with Crippen molar-refractivity contribution in [2.75, 3.05) is 13.2 Å². The highest BCUT2D eigenvalue weighted by Gasteiger charge is 2.33. The highest BCUT2D eigenvalue weighted by molar-refractivity contribution is 6.00. The lowest BCUT2D eigenvalue weighted by atomic mass is 9.75. The minimum Gasteiger partial charge on any atom is -0.481 e. The number of hydrogen-bond acceptors (Lipinski definition) is 4. The molecule has 9 heteroatoms. The lowest BCUT2D eigenvalue weighted by Gasteiger charge is -2.32. The van der Waals surface area contributed by atoms with Gasteiger partial charge in [0.05, 0.1) is 11.0 Å². The van der Waals surface area contributed by atoms with Crippen LogP contribution in [0.5, 0.6) is 0 Å². The summed E-state index contributed by atoms with van der Waals surface area (Å²) in [7, 11) is 0. The van der Waals surface area contributed by atoms with Crippen molar-refractivity contribution < 1.29 is 23.4 Å². The van der Waals surface area contributed by atoms with E-state index in [9.17, 15) is 18.8 Å². The Morgan fingerprint density at radius 1 is 1.05 bits per heavy atom. The van der Waals surface area contributed by atoms with Gasteiger partial charge in [-0.2, -0.15) is 10.4 Å². The van der Waals surface area contributed by atoms with Crippen molar-refractivity contribution in [2.24, 2.45) is 5.92 Å². The van der Waals surface area contributed by atoms with Crippen LogP contribution in [0.4, 0.5) is 8.78 Å². The molecule has 7 nitrogen and oxygen atoms in total. The Morgan fingerprint density at radius 3 is 2.52 bits per heavy atom. The molecule has 1 saturated carbocycles. The molecular weight excluding hydrogens is 514 g/mol. The van der Waals surface area contributed by atoms with Crippen molar-refractivity contribution in [1.29, 1.82) is 5.26 Å². The van der Waals surface area contributed by atoms with Crippen molar-refractivity contribution in [3.63, 3.8) is 0 Å². The molecular formula is C31H32F2N4O3. The normalized spacial score (nSPS) is 20.2. The number of rotatable bonds is 7. The van der Waals surface area contributed by atoms with Gasteiger partial charge in [0.25, 0.3) is 0 Å². The number of aromatic amines is 1. The Labute approximate surface area is 230 Å². The summed E-state index contributed by atoms with van der Waals surface area (Å²) in [5.41, 5.74) is 4.85. The fourth-order valence-electron chi connectivity index (χ4n) is 6.91. The molecule has 2 aromatic heterocycles. The minimum absolute atomic E-state index is 0.185. The summed E-state index contributed by atoms with van der Waals surface area (Å²) in [5.74, 6) is -1.56. The number of carboxylic acids is 1. The fourth-order valence-corrected chi connectivity index (χ4v) is 6.91. The van der Waals surface area contributed by atoms with Crippen molar-refractivity contribution in [3.8, 4) is 11.8 Å². The van der Waals surface area contributed by atoms with Crippen LogP contribution in [0.1, 0.15) is 86.6 Å². The van der Waals surface area contributed by atoms with Gasteiger partial charge in [-0.3, -0.25) is 9.89 Å². The SMILES string of the molecule is N#Cc1n[nH]c2cc3c(C4CCC(CCCC(=O)O)CC4)c(C4CCOCC4)n(-c4ccc(F)c(F)c4)c3cc12. The number of carbonyl (C=O) groups is 1. The molecule has 1 aliphatic heterocycles. The predicted molar refractivity (Wildman–Crippen MR) is 147 cm³/mol. The molecule has 2 aliphatic rings. The third-order valence-electron chi connectivity index (χ3n) is 8.86. The van der Waals surface area contributed by atoms with Gasteiger partial charge in [-0.25, -0.2) is 8.78 Å². The molecule has 2 aromatic carbocycles. The zero-order valence-corrected chi connectivity index (χ0v) is 22.3. The summed E-state index contributed by atoms with van der Waals surface area (Å²) in [6, 6.07) is 10.2. The van der Waals surface area contributed by atoms with E-state index < -0.39 is 17.6 Å². The molecule has 0 radical (unpaired) electrons. The van der Waals surface area contributed by atoms with Crippen LogP contribution >= 0.6 is 0 Å². The number of nitrogens with zero attached hydrogens (tertiary/aromatic N) is 3. The maximum Gasteiger partial charge on any atom is 0.303 e. The molecule has 0 atom stereocenters. The summed E-state index contributed by atoms with van der Waals surface area (Å²) in [4.78, 5) is 11.0. The third-order valence-corrected chi connectivity index (χ3v) is 8.86. The Kier molecular flexibility index (Phi) is 7.28. The van der Waals surface area contributed by atoms with Crippen molar-refractivity contribution in [2.45, 2.75) is 69.6 Å². The molecule has 6 rings (SSSR count). The van der Waals surface area contributed by atoms with Crippen LogP contribution in [0.3, 0.4) is 0 Å². The fraction of sp³-hybridized carbons (Fsp3) is 0.452. The van der Waals surface area contributed by atoms with Gasteiger partial charge in [0.2, 0.25) is 0 Å². The summed E-state index contributed by atoms with van der Waals surface area (Å²) >= 11 is 0. The van der Waals surface area contributed by atoms with E-state index in [1.54, 1.807) is 6.07 Å². The number of nitriles is 1. The number of halogens is 2. The van der Waals surface area contributed by atoms with Crippen LogP contribution in [0.25, 0.3) is 27.5 Å². The quantitative estimate of drug-likeness (QED) is 0.258. The predicted octanol–water partition coefficient (Wildman–Crippen LogP) is 7.08. The first-order valence-corrected chi connectivity index (χ1v) is 14.2. The van der Waals surface area contributed by atoms with E-state index in [0.717, 1.165) is 67.1 Å². The first-order valence-electron chi connectivity index (χ1n) is 14.2. The zero-order valence-electron chi connectivity index (χ0n) is 22.3. The van der Waals surface area contributed by atoms with Crippen LogP contribution in [-0.2, 0) is 9.53 Å². The molecule has 2 N–H and O–H groups in total. The van der Waals surface area contributed by atoms with Gasteiger partial charge < -0.3 is 14.4 Å². The van der Waals surface area contributed by atoms with Crippen LogP contribution in [-0.4, -0.2) is 39.1 Å².